The van der Waals surface area contributed by atoms with Crippen molar-refractivity contribution in [3.8, 4) is 0 Å². The SMILES string of the molecule is COC(=O)Cc1cc2ccccc2c(=O)[nH]1. The van der Waals surface area contributed by atoms with Crippen LogP contribution in [0.3, 0.4) is 0 Å². The van der Waals surface area contributed by atoms with E-state index in [4.69, 9.17) is 0 Å². The highest BCUT2D eigenvalue weighted by Crippen LogP contribution is 2.10. The van der Waals surface area contributed by atoms with E-state index >= 15 is 0 Å². The fourth-order valence-corrected chi connectivity index (χ4v) is 1.59. The fraction of sp³-hybridized carbons (Fsp3) is 0.167. The van der Waals surface area contributed by atoms with Crippen LogP contribution in [0, 0.1) is 0 Å². The number of carbonyl (C=O) groups excluding carboxylic acids is 1. The molecule has 82 valence electrons. The minimum atomic E-state index is -0.370. The predicted molar refractivity (Wildman–Crippen MR) is 60.3 cm³/mol. The van der Waals surface area contributed by atoms with Gasteiger partial charge in [-0.3, -0.25) is 9.59 Å². The molecule has 1 heterocycles. The first-order valence-electron chi connectivity index (χ1n) is 4.88. The molecule has 0 saturated carbocycles. The number of aromatic nitrogens is 1. The van der Waals surface area contributed by atoms with E-state index in [1.807, 2.05) is 12.1 Å². The molecule has 16 heavy (non-hydrogen) atoms. The Morgan fingerprint density at radius 3 is 2.88 bits per heavy atom. The van der Waals surface area contributed by atoms with Crippen LogP contribution in [0.15, 0.2) is 35.1 Å². The largest absolute Gasteiger partial charge is 0.469 e. The third-order valence-corrected chi connectivity index (χ3v) is 2.37. The Balaban J connectivity index is 2.50. The number of esters is 1. The highest BCUT2D eigenvalue weighted by atomic mass is 16.5. The third kappa shape index (κ3) is 1.95. The minimum Gasteiger partial charge on any atom is -0.469 e. The Labute approximate surface area is 91.9 Å². The second-order valence-electron chi connectivity index (χ2n) is 3.46. The third-order valence-electron chi connectivity index (χ3n) is 2.37. The average molecular weight is 217 g/mol. The normalized spacial score (nSPS) is 10.3. The van der Waals surface area contributed by atoms with Gasteiger partial charge in [0.05, 0.1) is 13.5 Å². The van der Waals surface area contributed by atoms with Crippen LogP contribution in [-0.2, 0) is 16.0 Å². The molecule has 1 aromatic carbocycles. The van der Waals surface area contributed by atoms with Crippen molar-refractivity contribution >= 4 is 16.7 Å². The molecular formula is C12H11NO3. The molecule has 0 spiro atoms. The molecule has 0 radical (unpaired) electrons. The number of methoxy groups -OCH3 is 1. The van der Waals surface area contributed by atoms with Crippen LogP contribution in [0.25, 0.3) is 10.8 Å². The number of benzene rings is 1. The monoisotopic (exact) mass is 217 g/mol. The van der Waals surface area contributed by atoms with Crippen LogP contribution >= 0.6 is 0 Å². The van der Waals surface area contributed by atoms with Gasteiger partial charge >= 0.3 is 5.97 Å². The summed E-state index contributed by atoms with van der Waals surface area (Å²) in [6.45, 7) is 0. The summed E-state index contributed by atoms with van der Waals surface area (Å²) in [4.78, 5) is 25.4. The van der Waals surface area contributed by atoms with Gasteiger partial charge in [0.15, 0.2) is 0 Å². The lowest BCUT2D eigenvalue weighted by Crippen LogP contribution is -2.13. The number of fused-ring (bicyclic) bond motifs is 1. The summed E-state index contributed by atoms with van der Waals surface area (Å²) in [6.07, 6.45) is 0.0799. The van der Waals surface area contributed by atoms with Crippen molar-refractivity contribution in [1.29, 1.82) is 0 Å². The van der Waals surface area contributed by atoms with Gasteiger partial charge in [0.25, 0.3) is 5.56 Å². The van der Waals surface area contributed by atoms with Crippen molar-refractivity contribution in [2.24, 2.45) is 0 Å². The topological polar surface area (TPSA) is 59.2 Å². The van der Waals surface area contributed by atoms with Crippen LogP contribution in [0.5, 0.6) is 0 Å². The van der Waals surface area contributed by atoms with Crippen LogP contribution in [0.4, 0.5) is 0 Å². The zero-order valence-electron chi connectivity index (χ0n) is 8.82. The molecule has 4 nitrogen and oxygen atoms in total. The standard InChI is InChI=1S/C12H11NO3/c1-16-11(14)7-9-6-8-4-2-3-5-10(8)12(15)13-9/h2-6H,7H2,1H3,(H,13,15). The summed E-state index contributed by atoms with van der Waals surface area (Å²) in [5, 5.41) is 1.45. The summed E-state index contributed by atoms with van der Waals surface area (Å²) in [5.74, 6) is -0.370. The molecule has 0 saturated heterocycles. The van der Waals surface area contributed by atoms with Crippen molar-refractivity contribution in [2.45, 2.75) is 6.42 Å². The van der Waals surface area contributed by atoms with E-state index in [2.05, 4.69) is 9.72 Å². The van der Waals surface area contributed by atoms with Gasteiger partial charge in [0, 0.05) is 11.1 Å². The zero-order valence-corrected chi connectivity index (χ0v) is 8.82. The number of carbonyl (C=O) groups is 1. The maximum atomic E-state index is 11.7. The smallest absolute Gasteiger partial charge is 0.311 e. The van der Waals surface area contributed by atoms with Gasteiger partial charge in [-0.2, -0.15) is 0 Å². The first-order chi connectivity index (χ1) is 7.70. The predicted octanol–water partition coefficient (Wildman–Crippen LogP) is 1.24. The number of pyridine rings is 1. The second kappa shape index (κ2) is 4.18. The van der Waals surface area contributed by atoms with Gasteiger partial charge in [-0.05, 0) is 17.5 Å². The van der Waals surface area contributed by atoms with Gasteiger partial charge in [0.2, 0.25) is 0 Å². The van der Waals surface area contributed by atoms with E-state index in [9.17, 15) is 9.59 Å². The molecule has 0 unspecified atom stereocenters. The van der Waals surface area contributed by atoms with E-state index in [0.717, 1.165) is 5.39 Å². The molecule has 0 bridgehead atoms. The molecular weight excluding hydrogens is 206 g/mol. The van der Waals surface area contributed by atoms with E-state index in [1.165, 1.54) is 7.11 Å². The van der Waals surface area contributed by atoms with Gasteiger partial charge in [-0.1, -0.05) is 18.2 Å². The van der Waals surface area contributed by atoms with Gasteiger partial charge in [-0.15, -0.1) is 0 Å². The summed E-state index contributed by atoms with van der Waals surface area (Å²) in [6, 6.07) is 9.02. The molecule has 1 N–H and O–H groups in total. The van der Waals surface area contributed by atoms with Crippen LogP contribution in [-0.4, -0.2) is 18.1 Å². The minimum absolute atomic E-state index is 0.0799. The lowest BCUT2D eigenvalue weighted by Gasteiger charge is -2.02. The first kappa shape index (κ1) is 10.4. The number of rotatable bonds is 2. The maximum Gasteiger partial charge on any atom is 0.311 e. The average Bonchev–Trinajstić information content (AvgIpc) is 2.29. The van der Waals surface area contributed by atoms with Crippen molar-refractivity contribution in [1.82, 2.24) is 4.98 Å². The van der Waals surface area contributed by atoms with Gasteiger partial charge < -0.3 is 9.72 Å². The van der Waals surface area contributed by atoms with Crippen molar-refractivity contribution < 1.29 is 9.53 Å². The molecule has 0 aliphatic carbocycles. The lowest BCUT2D eigenvalue weighted by atomic mass is 10.1. The number of H-pyrrole nitrogens is 1. The summed E-state index contributed by atoms with van der Waals surface area (Å²) >= 11 is 0. The fourth-order valence-electron chi connectivity index (χ4n) is 1.59. The molecule has 0 aliphatic heterocycles. The number of hydrogen-bond acceptors (Lipinski definition) is 3. The lowest BCUT2D eigenvalue weighted by molar-refractivity contribution is -0.139. The Hall–Kier alpha value is -2.10. The molecule has 2 aromatic rings. The Morgan fingerprint density at radius 2 is 2.12 bits per heavy atom. The van der Waals surface area contributed by atoms with Crippen molar-refractivity contribution in [3.05, 3.63) is 46.4 Å². The van der Waals surface area contributed by atoms with Crippen LogP contribution in [0.2, 0.25) is 0 Å². The molecule has 0 amide bonds. The maximum absolute atomic E-state index is 11.7. The second-order valence-corrected chi connectivity index (χ2v) is 3.46. The highest BCUT2D eigenvalue weighted by molar-refractivity contribution is 5.82. The molecule has 1 aromatic heterocycles. The Bertz CT molecular complexity index is 586. The van der Waals surface area contributed by atoms with Crippen molar-refractivity contribution in [2.75, 3.05) is 7.11 Å². The quantitative estimate of drug-likeness (QED) is 0.770. The zero-order chi connectivity index (χ0) is 11.5. The number of aromatic amines is 1. The summed E-state index contributed by atoms with van der Waals surface area (Å²) < 4.78 is 4.55. The summed E-state index contributed by atoms with van der Waals surface area (Å²) in [7, 11) is 1.32. The van der Waals surface area contributed by atoms with Gasteiger partial charge in [0.1, 0.15) is 0 Å². The highest BCUT2D eigenvalue weighted by Gasteiger charge is 2.06. The van der Waals surface area contributed by atoms with E-state index in [1.54, 1.807) is 18.2 Å². The first-order valence-corrected chi connectivity index (χ1v) is 4.88. The number of nitrogens with one attached hydrogen (secondary N) is 1. The molecule has 2 rings (SSSR count). The molecule has 0 aliphatic rings. The van der Waals surface area contributed by atoms with Crippen LogP contribution < -0.4 is 5.56 Å². The molecule has 4 heteroatoms. The van der Waals surface area contributed by atoms with E-state index in [-0.39, 0.29) is 17.9 Å². The number of hydrogen-bond donors (Lipinski definition) is 1. The summed E-state index contributed by atoms with van der Waals surface area (Å²) in [5.41, 5.74) is 0.382. The van der Waals surface area contributed by atoms with Gasteiger partial charge in [-0.25, -0.2) is 0 Å². The van der Waals surface area contributed by atoms with E-state index in [0.29, 0.717) is 11.1 Å². The van der Waals surface area contributed by atoms with Crippen molar-refractivity contribution in [3.63, 3.8) is 0 Å². The van der Waals surface area contributed by atoms with Crippen LogP contribution in [0.1, 0.15) is 5.69 Å². The Kier molecular flexibility index (Phi) is 2.72. The number of ether oxygens (including phenoxy) is 1. The van der Waals surface area contributed by atoms with E-state index < -0.39 is 0 Å². The molecule has 0 fully saturated rings. The Morgan fingerprint density at radius 1 is 1.38 bits per heavy atom. The molecule has 0 atom stereocenters.